The maximum Gasteiger partial charge on any atom is 0.317 e. The van der Waals surface area contributed by atoms with E-state index in [1.165, 1.54) is 11.8 Å². The fourth-order valence-electron chi connectivity index (χ4n) is 1.66. The molecule has 1 aromatic heterocycles. The lowest BCUT2D eigenvalue weighted by molar-refractivity contribution is -0.136. The lowest BCUT2D eigenvalue weighted by atomic mass is 10.3. The van der Waals surface area contributed by atoms with Gasteiger partial charge in [-0.25, -0.2) is 4.98 Å². The molecule has 1 atom stereocenters. The zero-order valence-electron chi connectivity index (χ0n) is 9.75. The van der Waals surface area contributed by atoms with Crippen LogP contribution in [0.3, 0.4) is 0 Å². The SMILES string of the molecule is CC[C@@H](Sc1nc2ccccc2n1C)C(=O)O. The number of imidazole rings is 1. The molecule has 1 aromatic carbocycles. The fraction of sp³-hybridized carbons (Fsp3) is 0.333. The Labute approximate surface area is 104 Å². The van der Waals surface area contributed by atoms with Gasteiger partial charge in [0.25, 0.3) is 0 Å². The molecule has 90 valence electrons. The average molecular weight is 250 g/mol. The van der Waals surface area contributed by atoms with Crippen molar-refractivity contribution in [2.45, 2.75) is 23.8 Å². The molecule has 4 nitrogen and oxygen atoms in total. The standard InChI is InChI=1S/C12H14N2O2S/c1-3-10(11(15)16)17-12-13-8-6-4-5-7-9(8)14(12)2/h4-7,10H,3H2,1-2H3,(H,15,16)/t10-/m1/s1. The molecule has 1 N–H and O–H groups in total. The van der Waals surface area contributed by atoms with E-state index in [9.17, 15) is 4.79 Å². The zero-order valence-corrected chi connectivity index (χ0v) is 10.6. The van der Waals surface area contributed by atoms with Crippen LogP contribution in [0.5, 0.6) is 0 Å². The number of carboxylic acid groups (broad SMARTS) is 1. The molecule has 2 aromatic rings. The number of aryl methyl sites for hydroxylation is 1. The molecule has 0 aliphatic carbocycles. The van der Waals surface area contributed by atoms with Gasteiger partial charge >= 0.3 is 5.97 Å². The van der Waals surface area contributed by atoms with Crippen molar-refractivity contribution in [1.82, 2.24) is 9.55 Å². The number of carboxylic acids is 1. The van der Waals surface area contributed by atoms with Gasteiger partial charge in [0.05, 0.1) is 11.0 Å². The monoisotopic (exact) mass is 250 g/mol. The Morgan fingerprint density at radius 2 is 2.24 bits per heavy atom. The number of fused-ring (bicyclic) bond motifs is 1. The number of hydrogen-bond donors (Lipinski definition) is 1. The zero-order chi connectivity index (χ0) is 12.4. The second-order valence-electron chi connectivity index (χ2n) is 3.80. The summed E-state index contributed by atoms with van der Waals surface area (Å²) in [6, 6.07) is 7.79. The average Bonchev–Trinajstić information content (AvgIpc) is 2.63. The van der Waals surface area contributed by atoms with Crippen LogP contribution in [0.1, 0.15) is 13.3 Å². The highest BCUT2D eigenvalue weighted by Crippen LogP contribution is 2.27. The van der Waals surface area contributed by atoms with E-state index in [0.29, 0.717) is 6.42 Å². The summed E-state index contributed by atoms with van der Waals surface area (Å²) in [7, 11) is 1.91. The number of nitrogens with zero attached hydrogens (tertiary/aromatic N) is 2. The van der Waals surface area contributed by atoms with Crippen molar-refractivity contribution in [2.24, 2.45) is 7.05 Å². The summed E-state index contributed by atoms with van der Waals surface area (Å²) < 4.78 is 1.94. The summed E-state index contributed by atoms with van der Waals surface area (Å²) >= 11 is 1.30. The largest absolute Gasteiger partial charge is 0.480 e. The van der Waals surface area contributed by atoms with Gasteiger partial charge in [-0.3, -0.25) is 4.79 Å². The van der Waals surface area contributed by atoms with Crippen molar-refractivity contribution in [3.63, 3.8) is 0 Å². The molecule has 0 amide bonds. The third kappa shape index (κ3) is 2.29. The topological polar surface area (TPSA) is 55.1 Å². The van der Waals surface area contributed by atoms with Gasteiger partial charge in [0.1, 0.15) is 5.25 Å². The van der Waals surface area contributed by atoms with E-state index >= 15 is 0 Å². The number of para-hydroxylation sites is 2. The molecule has 2 rings (SSSR count). The number of aromatic nitrogens is 2. The van der Waals surface area contributed by atoms with Gasteiger partial charge in [0, 0.05) is 7.05 Å². The number of rotatable bonds is 4. The van der Waals surface area contributed by atoms with Crippen LogP contribution in [-0.2, 0) is 11.8 Å². The summed E-state index contributed by atoms with van der Waals surface area (Å²) in [4.78, 5) is 15.4. The lowest BCUT2D eigenvalue weighted by Crippen LogP contribution is -2.15. The predicted molar refractivity (Wildman–Crippen MR) is 68.3 cm³/mol. The van der Waals surface area contributed by atoms with E-state index in [1.807, 2.05) is 42.8 Å². The van der Waals surface area contributed by atoms with Gasteiger partial charge in [-0.2, -0.15) is 0 Å². The summed E-state index contributed by atoms with van der Waals surface area (Å²) in [5.41, 5.74) is 1.92. The van der Waals surface area contributed by atoms with Crippen molar-refractivity contribution in [3.05, 3.63) is 24.3 Å². The molecule has 1 heterocycles. The molecule has 0 aliphatic heterocycles. The van der Waals surface area contributed by atoms with Crippen LogP contribution in [0.15, 0.2) is 29.4 Å². The maximum atomic E-state index is 11.0. The Hall–Kier alpha value is -1.49. The maximum absolute atomic E-state index is 11.0. The Morgan fingerprint density at radius 1 is 1.53 bits per heavy atom. The fourth-order valence-corrected chi connectivity index (χ4v) is 2.59. The minimum atomic E-state index is -0.787. The van der Waals surface area contributed by atoms with Gasteiger partial charge in [0.2, 0.25) is 0 Å². The molecular formula is C12H14N2O2S. The number of hydrogen-bond acceptors (Lipinski definition) is 3. The normalized spacial score (nSPS) is 12.8. The Bertz CT molecular complexity index is 550. The van der Waals surface area contributed by atoms with Crippen molar-refractivity contribution < 1.29 is 9.90 Å². The molecule has 0 unspecified atom stereocenters. The first-order valence-electron chi connectivity index (χ1n) is 5.44. The minimum Gasteiger partial charge on any atom is -0.480 e. The van der Waals surface area contributed by atoms with Gasteiger partial charge in [-0.05, 0) is 18.6 Å². The Kier molecular flexibility index (Phi) is 3.38. The first-order chi connectivity index (χ1) is 8.13. The third-order valence-corrected chi connectivity index (χ3v) is 4.04. The molecule has 0 spiro atoms. The van der Waals surface area contributed by atoms with E-state index in [1.54, 1.807) is 0 Å². The Morgan fingerprint density at radius 3 is 2.82 bits per heavy atom. The van der Waals surface area contributed by atoms with E-state index in [4.69, 9.17) is 5.11 Å². The van der Waals surface area contributed by atoms with Crippen LogP contribution in [0.25, 0.3) is 11.0 Å². The molecular weight excluding hydrogens is 236 g/mol. The van der Waals surface area contributed by atoms with E-state index in [-0.39, 0.29) is 0 Å². The highest BCUT2D eigenvalue weighted by Gasteiger charge is 2.19. The molecule has 0 saturated heterocycles. The lowest BCUT2D eigenvalue weighted by Gasteiger charge is -2.08. The van der Waals surface area contributed by atoms with Crippen LogP contribution in [0.4, 0.5) is 0 Å². The first-order valence-corrected chi connectivity index (χ1v) is 6.32. The summed E-state index contributed by atoms with van der Waals surface area (Å²) in [5.74, 6) is -0.787. The van der Waals surface area contributed by atoms with Crippen LogP contribution in [0, 0.1) is 0 Å². The van der Waals surface area contributed by atoms with E-state index in [2.05, 4.69) is 4.98 Å². The molecule has 0 bridgehead atoms. The summed E-state index contributed by atoms with van der Waals surface area (Å²) in [6.45, 7) is 1.87. The molecule has 0 aliphatic rings. The molecule has 0 radical (unpaired) electrons. The second-order valence-corrected chi connectivity index (χ2v) is 4.96. The van der Waals surface area contributed by atoms with Gasteiger partial charge in [-0.15, -0.1) is 0 Å². The van der Waals surface area contributed by atoms with Crippen molar-refractivity contribution in [2.75, 3.05) is 0 Å². The van der Waals surface area contributed by atoms with E-state index in [0.717, 1.165) is 16.2 Å². The molecule has 17 heavy (non-hydrogen) atoms. The highest BCUT2D eigenvalue weighted by atomic mass is 32.2. The Balaban J connectivity index is 2.36. The number of carbonyl (C=O) groups is 1. The van der Waals surface area contributed by atoms with Crippen LogP contribution < -0.4 is 0 Å². The molecule has 5 heteroatoms. The van der Waals surface area contributed by atoms with Crippen LogP contribution in [0.2, 0.25) is 0 Å². The predicted octanol–water partition coefficient (Wildman–Crippen LogP) is 2.53. The smallest absolute Gasteiger partial charge is 0.317 e. The second kappa shape index (κ2) is 4.79. The molecule has 0 saturated carbocycles. The number of aliphatic carboxylic acids is 1. The van der Waals surface area contributed by atoms with Crippen LogP contribution in [-0.4, -0.2) is 25.9 Å². The first kappa shape index (κ1) is 12.0. The summed E-state index contributed by atoms with van der Waals surface area (Å²) in [6.07, 6.45) is 0.587. The van der Waals surface area contributed by atoms with Crippen molar-refractivity contribution >= 4 is 28.8 Å². The third-order valence-electron chi connectivity index (χ3n) is 2.64. The number of benzene rings is 1. The van der Waals surface area contributed by atoms with Crippen LogP contribution >= 0.6 is 11.8 Å². The van der Waals surface area contributed by atoms with E-state index < -0.39 is 11.2 Å². The molecule has 0 fully saturated rings. The minimum absolute atomic E-state index is 0.439. The van der Waals surface area contributed by atoms with Crippen molar-refractivity contribution in [1.29, 1.82) is 0 Å². The van der Waals surface area contributed by atoms with Crippen molar-refractivity contribution in [3.8, 4) is 0 Å². The quantitative estimate of drug-likeness (QED) is 0.847. The highest BCUT2D eigenvalue weighted by molar-refractivity contribution is 8.00. The van der Waals surface area contributed by atoms with Gasteiger partial charge < -0.3 is 9.67 Å². The van der Waals surface area contributed by atoms with Gasteiger partial charge in [-0.1, -0.05) is 30.8 Å². The number of thioether (sulfide) groups is 1. The summed E-state index contributed by atoms with van der Waals surface area (Å²) in [5, 5.41) is 9.35. The van der Waals surface area contributed by atoms with Gasteiger partial charge in [0.15, 0.2) is 5.16 Å².